The first-order valence-electron chi connectivity index (χ1n) is 7.80. The van der Waals surface area contributed by atoms with Crippen LogP contribution in [0.15, 0.2) is 60.9 Å². The number of benzene rings is 2. The third-order valence-corrected chi connectivity index (χ3v) is 3.83. The second-order valence-electron chi connectivity index (χ2n) is 5.49. The van der Waals surface area contributed by atoms with Crippen molar-refractivity contribution >= 4 is 17.0 Å². The lowest BCUT2D eigenvalue weighted by Gasteiger charge is -2.06. The Labute approximate surface area is 139 Å². The van der Waals surface area contributed by atoms with E-state index in [2.05, 4.69) is 42.8 Å². The maximum absolute atomic E-state index is 4.52. The number of aromatic amines is 1. The molecule has 24 heavy (non-hydrogen) atoms. The zero-order valence-corrected chi connectivity index (χ0v) is 13.0. The molecular weight excluding hydrogens is 300 g/mol. The van der Waals surface area contributed by atoms with Crippen molar-refractivity contribution in [3.05, 3.63) is 66.5 Å². The zero-order valence-electron chi connectivity index (χ0n) is 13.0. The molecule has 0 saturated heterocycles. The van der Waals surface area contributed by atoms with Gasteiger partial charge in [-0.15, -0.1) is 10.2 Å². The van der Waals surface area contributed by atoms with Crippen LogP contribution in [0.1, 0.15) is 5.56 Å². The van der Waals surface area contributed by atoms with Crippen molar-refractivity contribution in [2.24, 2.45) is 0 Å². The Morgan fingerprint density at radius 1 is 0.917 bits per heavy atom. The number of rotatable bonds is 5. The minimum absolute atomic E-state index is 0.550. The fourth-order valence-electron chi connectivity index (χ4n) is 2.56. The highest BCUT2D eigenvalue weighted by Crippen LogP contribution is 2.21. The first kappa shape index (κ1) is 14.3. The quantitative estimate of drug-likeness (QED) is 0.591. The summed E-state index contributed by atoms with van der Waals surface area (Å²) < 4.78 is 0. The van der Waals surface area contributed by atoms with Crippen LogP contribution in [0.25, 0.3) is 22.2 Å². The van der Waals surface area contributed by atoms with Crippen molar-refractivity contribution in [2.45, 2.75) is 6.42 Å². The number of nitrogens with zero attached hydrogens (tertiary/aromatic N) is 4. The van der Waals surface area contributed by atoms with Crippen molar-refractivity contribution in [3.63, 3.8) is 0 Å². The van der Waals surface area contributed by atoms with E-state index in [1.807, 2.05) is 42.6 Å². The van der Waals surface area contributed by atoms with Crippen molar-refractivity contribution in [2.75, 3.05) is 11.9 Å². The molecule has 6 nitrogen and oxygen atoms in total. The van der Waals surface area contributed by atoms with Gasteiger partial charge in [-0.1, -0.05) is 36.4 Å². The number of anilines is 1. The SMILES string of the molecule is c1ccc(CCNc2nnc3cc(-c4cn[nH]c4)ccc3n2)cc1. The Hall–Kier alpha value is -3.28. The van der Waals surface area contributed by atoms with E-state index >= 15 is 0 Å². The van der Waals surface area contributed by atoms with Crippen LogP contribution in [0.4, 0.5) is 5.95 Å². The summed E-state index contributed by atoms with van der Waals surface area (Å²) in [7, 11) is 0. The van der Waals surface area contributed by atoms with Gasteiger partial charge in [0.25, 0.3) is 0 Å². The van der Waals surface area contributed by atoms with Gasteiger partial charge < -0.3 is 5.32 Å². The number of nitrogens with one attached hydrogen (secondary N) is 2. The molecule has 2 N–H and O–H groups in total. The monoisotopic (exact) mass is 316 g/mol. The highest BCUT2D eigenvalue weighted by molar-refractivity contribution is 5.81. The summed E-state index contributed by atoms with van der Waals surface area (Å²) in [6.07, 6.45) is 4.55. The molecule has 0 aliphatic rings. The van der Waals surface area contributed by atoms with Crippen LogP contribution in [0.5, 0.6) is 0 Å². The van der Waals surface area contributed by atoms with Crippen molar-refractivity contribution in [1.82, 2.24) is 25.4 Å². The molecule has 0 atom stereocenters. The molecule has 0 fully saturated rings. The predicted molar refractivity (Wildman–Crippen MR) is 93.6 cm³/mol. The second-order valence-corrected chi connectivity index (χ2v) is 5.49. The molecule has 0 aliphatic heterocycles. The average Bonchev–Trinajstić information content (AvgIpc) is 3.17. The fourth-order valence-corrected chi connectivity index (χ4v) is 2.56. The molecule has 2 aromatic carbocycles. The molecule has 0 spiro atoms. The fraction of sp³-hybridized carbons (Fsp3) is 0.111. The molecule has 0 bridgehead atoms. The summed E-state index contributed by atoms with van der Waals surface area (Å²) in [5, 5.41) is 18.4. The molecule has 0 aliphatic carbocycles. The molecule has 0 radical (unpaired) electrons. The van der Waals surface area contributed by atoms with Gasteiger partial charge in [-0.25, -0.2) is 4.98 Å². The summed E-state index contributed by atoms with van der Waals surface area (Å²) in [6, 6.07) is 16.3. The minimum Gasteiger partial charge on any atom is -0.353 e. The van der Waals surface area contributed by atoms with Crippen LogP contribution in [0, 0.1) is 0 Å². The number of aromatic nitrogens is 5. The van der Waals surface area contributed by atoms with Gasteiger partial charge in [-0.3, -0.25) is 5.10 Å². The number of hydrogen-bond acceptors (Lipinski definition) is 5. The molecule has 118 valence electrons. The van der Waals surface area contributed by atoms with Gasteiger partial charge in [-0.2, -0.15) is 5.10 Å². The lowest BCUT2D eigenvalue weighted by Crippen LogP contribution is -2.08. The van der Waals surface area contributed by atoms with Gasteiger partial charge in [0.15, 0.2) is 0 Å². The number of H-pyrrole nitrogens is 1. The Kier molecular flexibility index (Phi) is 3.85. The van der Waals surface area contributed by atoms with Crippen molar-refractivity contribution in [1.29, 1.82) is 0 Å². The normalized spacial score (nSPS) is 10.8. The largest absolute Gasteiger partial charge is 0.353 e. The predicted octanol–water partition coefficient (Wildman–Crippen LogP) is 3.07. The number of fused-ring (bicyclic) bond motifs is 1. The van der Waals surface area contributed by atoms with E-state index in [9.17, 15) is 0 Å². The molecule has 4 rings (SSSR count). The van der Waals surface area contributed by atoms with E-state index in [0.29, 0.717) is 5.95 Å². The van der Waals surface area contributed by atoms with E-state index in [-0.39, 0.29) is 0 Å². The Morgan fingerprint density at radius 3 is 2.67 bits per heavy atom. The van der Waals surface area contributed by atoms with Crippen LogP contribution in [0.2, 0.25) is 0 Å². The maximum Gasteiger partial charge on any atom is 0.243 e. The summed E-state index contributed by atoms with van der Waals surface area (Å²) in [4.78, 5) is 4.52. The molecule has 4 aromatic rings. The lowest BCUT2D eigenvalue weighted by atomic mass is 10.1. The highest BCUT2D eigenvalue weighted by Gasteiger charge is 2.05. The Balaban J connectivity index is 1.48. The third-order valence-electron chi connectivity index (χ3n) is 3.83. The van der Waals surface area contributed by atoms with Gasteiger partial charge in [0.2, 0.25) is 5.95 Å². The van der Waals surface area contributed by atoms with Gasteiger partial charge in [0.1, 0.15) is 5.52 Å². The average molecular weight is 316 g/mol. The first-order chi connectivity index (χ1) is 11.9. The van der Waals surface area contributed by atoms with E-state index in [0.717, 1.165) is 35.1 Å². The van der Waals surface area contributed by atoms with Gasteiger partial charge in [0.05, 0.1) is 11.7 Å². The molecule has 0 saturated carbocycles. The minimum atomic E-state index is 0.550. The molecule has 2 heterocycles. The van der Waals surface area contributed by atoms with Crippen LogP contribution in [-0.4, -0.2) is 31.9 Å². The zero-order chi connectivity index (χ0) is 16.2. The standard InChI is InChI=1S/C18H16N6/c1-2-4-13(5-3-1)8-9-19-18-22-16-7-6-14(10-17(16)23-24-18)15-11-20-21-12-15/h1-7,10-12H,8-9H2,(H,20,21)(H,19,22,24). The van der Waals surface area contributed by atoms with Crippen LogP contribution in [0.3, 0.4) is 0 Å². The van der Waals surface area contributed by atoms with Crippen LogP contribution >= 0.6 is 0 Å². The van der Waals surface area contributed by atoms with Gasteiger partial charge >= 0.3 is 0 Å². The van der Waals surface area contributed by atoms with E-state index in [4.69, 9.17) is 0 Å². The topological polar surface area (TPSA) is 79.4 Å². The van der Waals surface area contributed by atoms with Crippen molar-refractivity contribution in [3.8, 4) is 11.1 Å². The maximum atomic E-state index is 4.52. The molecule has 0 amide bonds. The summed E-state index contributed by atoms with van der Waals surface area (Å²) in [5.74, 6) is 0.550. The van der Waals surface area contributed by atoms with Gasteiger partial charge in [-0.05, 0) is 29.7 Å². The Morgan fingerprint density at radius 2 is 1.83 bits per heavy atom. The molecule has 6 heteroatoms. The molecule has 2 aromatic heterocycles. The molecular formula is C18H16N6. The van der Waals surface area contributed by atoms with E-state index < -0.39 is 0 Å². The van der Waals surface area contributed by atoms with E-state index in [1.54, 1.807) is 6.20 Å². The number of hydrogen-bond donors (Lipinski definition) is 2. The van der Waals surface area contributed by atoms with E-state index in [1.165, 1.54) is 5.56 Å². The lowest BCUT2D eigenvalue weighted by molar-refractivity contribution is 0.952. The van der Waals surface area contributed by atoms with Gasteiger partial charge in [0, 0.05) is 18.3 Å². The smallest absolute Gasteiger partial charge is 0.243 e. The molecule has 0 unspecified atom stereocenters. The van der Waals surface area contributed by atoms with Crippen molar-refractivity contribution < 1.29 is 0 Å². The first-order valence-corrected chi connectivity index (χ1v) is 7.80. The second kappa shape index (κ2) is 6.45. The highest BCUT2D eigenvalue weighted by atomic mass is 15.2. The van der Waals surface area contributed by atoms with Crippen LogP contribution in [-0.2, 0) is 6.42 Å². The summed E-state index contributed by atoms with van der Waals surface area (Å²) in [6.45, 7) is 0.768. The Bertz CT molecular complexity index is 934. The van der Waals surface area contributed by atoms with Crippen LogP contribution < -0.4 is 5.32 Å². The summed E-state index contributed by atoms with van der Waals surface area (Å²) >= 11 is 0. The summed E-state index contributed by atoms with van der Waals surface area (Å²) in [5.41, 5.74) is 4.92. The third kappa shape index (κ3) is 3.08.